The minimum Gasteiger partial charge on any atom is -0.493 e. The summed E-state index contributed by atoms with van der Waals surface area (Å²) in [7, 11) is 2.93. The van der Waals surface area contributed by atoms with Gasteiger partial charge in [0.05, 0.1) is 20.3 Å². The Labute approximate surface area is 215 Å². The summed E-state index contributed by atoms with van der Waals surface area (Å²) >= 11 is 1.31. The summed E-state index contributed by atoms with van der Waals surface area (Å²) in [6.07, 6.45) is 7.67. The summed E-state index contributed by atoms with van der Waals surface area (Å²) in [4.78, 5) is 25.5. The number of benzene rings is 2. The third-order valence-electron chi connectivity index (χ3n) is 6.05. The monoisotopic (exact) mass is 505 g/mol. The molecule has 1 heterocycles. The topological polar surface area (TPSA) is 73.9 Å². The molecule has 1 aliphatic rings. The number of carbonyl (C=O) groups excluding carboxylic acids is 2. The van der Waals surface area contributed by atoms with E-state index >= 15 is 0 Å². The fourth-order valence-corrected chi connectivity index (χ4v) is 5.29. The number of thiophene rings is 1. The van der Waals surface area contributed by atoms with Gasteiger partial charge in [0.15, 0.2) is 11.5 Å². The molecule has 0 saturated carbocycles. The molecular formula is C29H31NO5S. The summed E-state index contributed by atoms with van der Waals surface area (Å²) in [5.74, 6) is 0.409. The van der Waals surface area contributed by atoms with Gasteiger partial charge >= 0.3 is 5.97 Å². The predicted octanol–water partition coefficient (Wildman–Crippen LogP) is 6.53. The molecule has 188 valence electrons. The molecule has 3 aromatic rings. The van der Waals surface area contributed by atoms with Crippen molar-refractivity contribution < 1.29 is 23.8 Å². The highest BCUT2D eigenvalue weighted by molar-refractivity contribution is 7.15. The molecule has 0 bridgehead atoms. The molecule has 0 fully saturated rings. The Kier molecular flexibility index (Phi) is 8.10. The molecule has 1 amide bonds. The number of nitrogens with one attached hydrogen (secondary N) is 1. The lowest BCUT2D eigenvalue weighted by Crippen LogP contribution is -2.11. The standard InChI is InChI=1S/C29H31NO5S/c1-18(2)35-24-13-9-19(15-25(24)33-3)10-14-26(31)30-28-27(29(32)34-4)23(17-36-28)22-12-11-20-7-5-6-8-21(20)16-22/h9-18H,5-8H2,1-4H3,(H,30,31)/b14-10+. The fourth-order valence-electron chi connectivity index (χ4n) is 4.33. The van der Waals surface area contributed by atoms with Gasteiger partial charge in [-0.3, -0.25) is 4.79 Å². The first-order valence-electron chi connectivity index (χ1n) is 12.0. The van der Waals surface area contributed by atoms with Crippen LogP contribution in [0.3, 0.4) is 0 Å². The van der Waals surface area contributed by atoms with E-state index in [4.69, 9.17) is 14.2 Å². The second-order valence-corrected chi connectivity index (χ2v) is 9.81. The third kappa shape index (κ3) is 5.79. The van der Waals surface area contributed by atoms with Crippen LogP contribution in [0.4, 0.5) is 5.00 Å². The SMILES string of the molecule is COC(=O)c1c(-c2ccc3c(c2)CCCC3)csc1NC(=O)/C=C/c1ccc(OC(C)C)c(OC)c1. The predicted molar refractivity (Wildman–Crippen MR) is 144 cm³/mol. The second kappa shape index (κ2) is 11.4. The molecule has 36 heavy (non-hydrogen) atoms. The minimum atomic E-state index is -0.478. The molecule has 0 saturated heterocycles. The number of methoxy groups -OCH3 is 2. The molecular weight excluding hydrogens is 474 g/mol. The van der Waals surface area contributed by atoms with Gasteiger partial charge in [0.1, 0.15) is 10.6 Å². The van der Waals surface area contributed by atoms with Crippen molar-refractivity contribution in [3.05, 3.63) is 70.1 Å². The summed E-state index contributed by atoms with van der Waals surface area (Å²) in [5.41, 5.74) is 5.58. The summed E-state index contributed by atoms with van der Waals surface area (Å²) in [5, 5.41) is 5.21. The van der Waals surface area contributed by atoms with Gasteiger partial charge in [-0.05, 0) is 80.0 Å². The first-order chi connectivity index (χ1) is 17.4. The first kappa shape index (κ1) is 25.5. The van der Waals surface area contributed by atoms with Crippen LogP contribution in [-0.2, 0) is 22.4 Å². The molecule has 1 aromatic heterocycles. The number of fused-ring (bicyclic) bond motifs is 1. The van der Waals surface area contributed by atoms with Crippen LogP contribution >= 0.6 is 11.3 Å². The van der Waals surface area contributed by atoms with Gasteiger partial charge in [0.2, 0.25) is 5.91 Å². The van der Waals surface area contributed by atoms with Crippen molar-refractivity contribution in [2.75, 3.05) is 19.5 Å². The molecule has 2 aromatic carbocycles. The smallest absolute Gasteiger partial charge is 0.341 e. The van der Waals surface area contributed by atoms with E-state index in [-0.39, 0.29) is 12.0 Å². The number of carbonyl (C=O) groups is 2. The molecule has 0 aliphatic heterocycles. The number of aryl methyl sites for hydroxylation is 2. The summed E-state index contributed by atoms with van der Waals surface area (Å²) in [6.45, 7) is 3.89. The lowest BCUT2D eigenvalue weighted by molar-refractivity contribution is -0.111. The molecule has 0 spiro atoms. The van der Waals surface area contributed by atoms with Crippen molar-refractivity contribution in [3.63, 3.8) is 0 Å². The molecule has 7 heteroatoms. The Morgan fingerprint density at radius 2 is 1.78 bits per heavy atom. The number of rotatable bonds is 8. The van der Waals surface area contributed by atoms with Crippen LogP contribution in [0, 0.1) is 0 Å². The Balaban J connectivity index is 1.55. The number of esters is 1. The van der Waals surface area contributed by atoms with Gasteiger partial charge in [0, 0.05) is 17.0 Å². The van der Waals surface area contributed by atoms with Gasteiger partial charge in [-0.1, -0.05) is 24.3 Å². The Hall–Kier alpha value is -3.58. The molecule has 1 N–H and O–H groups in total. The van der Waals surface area contributed by atoms with Crippen molar-refractivity contribution in [3.8, 4) is 22.6 Å². The van der Waals surface area contributed by atoms with Crippen molar-refractivity contribution in [2.45, 2.75) is 45.6 Å². The largest absolute Gasteiger partial charge is 0.493 e. The van der Waals surface area contributed by atoms with E-state index in [1.807, 2.05) is 37.4 Å². The summed E-state index contributed by atoms with van der Waals surface area (Å²) < 4.78 is 16.2. The number of anilines is 1. The average molecular weight is 506 g/mol. The van der Waals surface area contributed by atoms with Crippen molar-refractivity contribution in [1.82, 2.24) is 0 Å². The maximum absolute atomic E-state index is 12.8. The van der Waals surface area contributed by atoms with Crippen LogP contribution in [0.2, 0.25) is 0 Å². The zero-order valence-electron chi connectivity index (χ0n) is 21.1. The van der Waals surface area contributed by atoms with Gasteiger partial charge in [-0.15, -0.1) is 11.3 Å². The molecule has 0 unspecified atom stereocenters. The first-order valence-corrected chi connectivity index (χ1v) is 12.9. The van der Waals surface area contributed by atoms with Crippen LogP contribution in [0.25, 0.3) is 17.2 Å². The van der Waals surface area contributed by atoms with E-state index in [1.165, 1.54) is 48.5 Å². The van der Waals surface area contributed by atoms with Gasteiger partial charge in [-0.25, -0.2) is 4.79 Å². The van der Waals surface area contributed by atoms with E-state index in [9.17, 15) is 9.59 Å². The highest BCUT2D eigenvalue weighted by atomic mass is 32.1. The highest BCUT2D eigenvalue weighted by Crippen LogP contribution is 2.38. The van der Waals surface area contributed by atoms with Crippen LogP contribution in [0.1, 0.15) is 53.7 Å². The Bertz CT molecular complexity index is 1290. The quantitative estimate of drug-likeness (QED) is 0.278. The molecule has 1 aliphatic carbocycles. The summed E-state index contributed by atoms with van der Waals surface area (Å²) in [6, 6.07) is 11.8. The van der Waals surface area contributed by atoms with E-state index in [2.05, 4.69) is 17.4 Å². The van der Waals surface area contributed by atoms with Crippen LogP contribution in [0.5, 0.6) is 11.5 Å². The number of hydrogen-bond acceptors (Lipinski definition) is 6. The molecule has 6 nitrogen and oxygen atoms in total. The lowest BCUT2D eigenvalue weighted by Gasteiger charge is -2.16. The minimum absolute atomic E-state index is 0.0204. The van der Waals surface area contributed by atoms with Crippen LogP contribution in [0.15, 0.2) is 47.9 Å². The van der Waals surface area contributed by atoms with E-state index in [1.54, 1.807) is 19.3 Å². The molecule has 0 atom stereocenters. The average Bonchev–Trinajstić information content (AvgIpc) is 3.30. The van der Waals surface area contributed by atoms with Gasteiger partial charge < -0.3 is 19.5 Å². The molecule has 4 rings (SSSR count). The maximum Gasteiger partial charge on any atom is 0.341 e. The van der Waals surface area contributed by atoms with Crippen molar-refractivity contribution in [2.24, 2.45) is 0 Å². The zero-order valence-corrected chi connectivity index (χ0v) is 21.9. The van der Waals surface area contributed by atoms with Crippen LogP contribution in [-0.4, -0.2) is 32.2 Å². The van der Waals surface area contributed by atoms with Gasteiger partial charge in [-0.2, -0.15) is 0 Å². The number of amides is 1. The van der Waals surface area contributed by atoms with Crippen LogP contribution < -0.4 is 14.8 Å². The maximum atomic E-state index is 12.8. The van der Waals surface area contributed by atoms with Gasteiger partial charge in [0.25, 0.3) is 0 Å². The van der Waals surface area contributed by atoms with E-state index in [0.717, 1.165) is 29.5 Å². The number of ether oxygens (including phenoxy) is 3. The van der Waals surface area contributed by atoms with E-state index < -0.39 is 5.97 Å². The van der Waals surface area contributed by atoms with E-state index in [0.29, 0.717) is 22.1 Å². The highest BCUT2D eigenvalue weighted by Gasteiger charge is 2.23. The fraction of sp³-hybridized carbons (Fsp3) is 0.310. The zero-order chi connectivity index (χ0) is 25.7. The Morgan fingerprint density at radius 3 is 2.50 bits per heavy atom. The van der Waals surface area contributed by atoms with Crippen molar-refractivity contribution in [1.29, 1.82) is 0 Å². The third-order valence-corrected chi connectivity index (χ3v) is 6.95. The second-order valence-electron chi connectivity index (χ2n) is 8.94. The lowest BCUT2D eigenvalue weighted by atomic mass is 9.89. The van der Waals surface area contributed by atoms with Crippen molar-refractivity contribution >= 4 is 34.3 Å². The Morgan fingerprint density at radius 1 is 1.00 bits per heavy atom. The normalized spacial score (nSPS) is 12.9. The molecule has 0 radical (unpaired) electrons. The number of hydrogen-bond donors (Lipinski definition) is 1.